The molecule has 0 spiro atoms. The van der Waals surface area contributed by atoms with E-state index < -0.39 is 0 Å². The van der Waals surface area contributed by atoms with E-state index in [9.17, 15) is 9.65 Å². The Kier molecular flexibility index (Phi) is 4.18. The van der Waals surface area contributed by atoms with Crippen molar-refractivity contribution in [2.24, 2.45) is 0 Å². The molecule has 0 aliphatic carbocycles. The summed E-state index contributed by atoms with van der Waals surface area (Å²) in [5.41, 5.74) is 3.08. The molecule has 0 amide bonds. The first-order valence-electron chi connectivity index (χ1n) is 5.74. The molecule has 0 saturated carbocycles. The molecule has 0 N–H and O–H groups in total. The summed E-state index contributed by atoms with van der Waals surface area (Å²) in [5, 5.41) is 9.92. The molecule has 2 aromatic carbocycles. The molecule has 0 aliphatic rings. The highest BCUT2D eigenvalue weighted by atomic mass is 79.9. The Morgan fingerprint density at radius 3 is 2.68 bits per heavy atom. The fourth-order valence-electron chi connectivity index (χ4n) is 1.87. The standard InChI is InChI=1S/C15H12BrFN2/c1-19(14-4-2-3-13(17)8-14)15-6-5-11(9-16)7-12(15)10-18/h2-8H,9H2,1H3. The van der Waals surface area contributed by atoms with E-state index in [0.717, 1.165) is 11.3 Å². The quantitative estimate of drug-likeness (QED) is 0.786. The predicted molar refractivity (Wildman–Crippen MR) is 78.3 cm³/mol. The van der Waals surface area contributed by atoms with Gasteiger partial charge in [0.25, 0.3) is 0 Å². The minimum atomic E-state index is -0.292. The van der Waals surface area contributed by atoms with Crippen LogP contribution in [0.3, 0.4) is 0 Å². The van der Waals surface area contributed by atoms with Gasteiger partial charge in [-0.15, -0.1) is 0 Å². The Bertz CT molecular complexity index is 634. The lowest BCUT2D eigenvalue weighted by Gasteiger charge is -2.21. The van der Waals surface area contributed by atoms with E-state index >= 15 is 0 Å². The molecule has 0 fully saturated rings. The van der Waals surface area contributed by atoms with Gasteiger partial charge in [-0.3, -0.25) is 0 Å². The maximum atomic E-state index is 13.2. The summed E-state index contributed by atoms with van der Waals surface area (Å²) in [6.45, 7) is 0. The van der Waals surface area contributed by atoms with Gasteiger partial charge in [0.05, 0.1) is 11.3 Å². The highest BCUT2D eigenvalue weighted by Gasteiger charge is 2.10. The van der Waals surface area contributed by atoms with Gasteiger partial charge in [0.15, 0.2) is 0 Å². The van der Waals surface area contributed by atoms with Crippen LogP contribution >= 0.6 is 15.9 Å². The zero-order valence-electron chi connectivity index (χ0n) is 10.4. The molecule has 0 bridgehead atoms. The second kappa shape index (κ2) is 5.85. The van der Waals surface area contributed by atoms with Crippen LogP contribution in [0.2, 0.25) is 0 Å². The van der Waals surface area contributed by atoms with Crippen molar-refractivity contribution in [3.05, 3.63) is 59.4 Å². The second-order valence-electron chi connectivity index (χ2n) is 4.14. The number of hydrogen-bond donors (Lipinski definition) is 0. The number of hydrogen-bond acceptors (Lipinski definition) is 2. The number of nitrogens with zero attached hydrogens (tertiary/aromatic N) is 2. The molecule has 0 aliphatic heterocycles. The third kappa shape index (κ3) is 2.94. The smallest absolute Gasteiger partial charge is 0.125 e. The number of halogens is 2. The van der Waals surface area contributed by atoms with Crippen molar-refractivity contribution in [1.29, 1.82) is 5.26 Å². The molecule has 0 heterocycles. The van der Waals surface area contributed by atoms with Crippen molar-refractivity contribution < 1.29 is 4.39 Å². The lowest BCUT2D eigenvalue weighted by atomic mass is 10.1. The predicted octanol–water partition coefficient (Wildman–Crippen LogP) is 4.36. The molecular formula is C15H12BrFN2. The average Bonchev–Trinajstić information content (AvgIpc) is 2.45. The fraction of sp³-hybridized carbons (Fsp3) is 0.133. The number of rotatable bonds is 3. The Morgan fingerprint density at radius 1 is 1.26 bits per heavy atom. The zero-order chi connectivity index (χ0) is 13.8. The van der Waals surface area contributed by atoms with Crippen LogP contribution in [0.5, 0.6) is 0 Å². The summed E-state index contributed by atoms with van der Waals surface area (Å²) in [6.07, 6.45) is 0. The van der Waals surface area contributed by atoms with Crippen molar-refractivity contribution in [1.82, 2.24) is 0 Å². The Hall–Kier alpha value is -1.86. The first-order chi connectivity index (χ1) is 9.15. The van der Waals surface area contributed by atoms with Gasteiger partial charge in [0.2, 0.25) is 0 Å². The van der Waals surface area contributed by atoms with Gasteiger partial charge in [-0.25, -0.2) is 4.39 Å². The molecule has 0 atom stereocenters. The fourth-order valence-corrected chi connectivity index (χ4v) is 2.22. The number of benzene rings is 2. The molecule has 19 heavy (non-hydrogen) atoms. The van der Waals surface area contributed by atoms with E-state index in [4.69, 9.17) is 0 Å². The summed E-state index contributed by atoms with van der Waals surface area (Å²) in [7, 11) is 1.82. The van der Waals surface area contributed by atoms with E-state index in [1.54, 1.807) is 11.0 Å². The van der Waals surface area contributed by atoms with E-state index in [1.807, 2.05) is 31.3 Å². The van der Waals surface area contributed by atoms with Crippen LogP contribution in [0.1, 0.15) is 11.1 Å². The molecule has 0 aromatic heterocycles. The van der Waals surface area contributed by atoms with Gasteiger partial charge >= 0.3 is 0 Å². The second-order valence-corrected chi connectivity index (χ2v) is 4.70. The summed E-state index contributed by atoms with van der Waals surface area (Å²) >= 11 is 3.36. The van der Waals surface area contributed by atoms with Crippen LogP contribution in [0, 0.1) is 17.1 Å². The minimum absolute atomic E-state index is 0.292. The largest absolute Gasteiger partial charge is 0.343 e. The van der Waals surface area contributed by atoms with E-state index in [-0.39, 0.29) is 5.82 Å². The molecule has 0 radical (unpaired) electrons. The average molecular weight is 319 g/mol. The third-order valence-corrected chi connectivity index (χ3v) is 3.54. The summed E-state index contributed by atoms with van der Waals surface area (Å²) in [6, 6.07) is 14.1. The van der Waals surface area contributed by atoms with E-state index in [0.29, 0.717) is 16.6 Å². The van der Waals surface area contributed by atoms with Crippen LogP contribution in [-0.4, -0.2) is 7.05 Å². The van der Waals surface area contributed by atoms with E-state index in [2.05, 4.69) is 22.0 Å². The molecule has 2 rings (SSSR count). The summed E-state index contributed by atoms with van der Waals surface area (Å²) in [5.74, 6) is -0.292. The number of anilines is 2. The maximum Gasteiger partial charge on any atom is 0.125 e. The van der Waals surface area contributed by atoms with Gasteiger partial charge in [0, 0.05) is 18.1 Å². The molecule has 96 valence electrons. The van der Waals surface area contributed by atoms with Crippen molar-refractivity contribution in [3.8, 4) is 6.07 Å². The van der Waals surface area contributed by atoms with Crippen LogP contribution in [0.4, 0.5) is 15.8 Å². The van der Waals surface area contributed by atoms with Crippen molar-refractivity contribution in [2.75, 3.05) is 11.9 Å². The molecule has 0 unspecified atom stereocenters. The zero-order valence-corrected chi connectivity index (χ0v) is 12.0. The minimum Gasteiger partial charge on any atom is -0.343 e. The van der Waals surface area contributed by atoms with Gasteiger partial charge < -0.3 is 4.90 Å². The topological polar surface area (TPSA) is 27.0 Å². The molecule has 2 aromatic rings. The van der Waals surface area contributed by atoms with Gasteiger partial charge in [-0.2, -0.15) is 5.26 Å². The Morgan fingerprint density at radius 2 is 2.05 bits per heavy atom. The van der Waals surface area contributed by atoms with Crippen molar-refractivity contribution in [2.45, 2.75) is 5.33 Å². The first-order valence-corrected chi connectivity index (χ1v) is 6.86. The molecule has 4 heteroatoms. The Labute approximate surface area is 120 Å². The van der Waals surface area contributed by atoms with E-state index in [1.165, 1.54) is 12.1 Å². The number of alkyl halides is 1. The van der Waals surface area contributed by atoms with Gasteiger partial charge in [0.1, 0.15) is 11.9 Å². The van der Waals surface area contributed by atoms with Crippen LogP contribution in [0.15, 0.2) is 42.5 Å². The van der Waals surface area contributed by atoms with Crippen LogP contribution < -0.4 is 4.90 Å². The van der Waals surface area contributed by atoms with Crippen LogP contribution in [0.25, 0.3) is 0 Å². The lowest BCUT2D eigenvalue weighted by Crippen LogP contribution is -2.11. The lowest BCUT2D eigenvalue weighted by molar-refractivity contribution is 0.628. The number of nitriles is 1. The van der Waals surface area contributed by atoms with Gasteiger partial charge in [-0.05, 0) is 35.9 Å². The first kappa shape index (κ1) is 13.6. The maximum absolute atomic E-state index is 13.2. The van der Waals surface area contributed by atoms with Crippen molar-refractivity contribution >= 4 is 27.3 Å². The summed E-state index contributed by atoms with van der Waals surface area (Å²) in [4.78, 5) is 1.81. The van der Waals surface area contributed by atoms with Crippen LogP contribution in [-0.2, 0) is 5.33 Å². The Balaban J connectivity index is 2.44. The highest BCUT2D eigenvalue weighted by Crippen LogP contribution is 2.28. The third-order valence-electron chi connectivity index (χ3n) is 2.89. The SMILES string of the molecule is CN(c1cccc(F)c1)c1ccc(CBr)cc1C#N. The van der Waals surface area contributed by atoms with Crippen molar-refractivity contribution in [3.63, 3.8) is 0 Å². The highest BCUT2D eigenvalue weighted by molar-refractivity contribution is 9.08. The molecule has 2 nitrogen and oxygen atoms in total. The molecule has 0 saturated heterocycles. The molecular weight excluding hydrogens is 307 g/mol. The van der Waals surface area contributed by atoms with Gasteiger partial charge in [-0.1, -0.05) is 28.1 Å². The normalized spacial score (nSPS) is 10.0. The summed E-state index contributed by atoms with van der Waals surface area (Å²) < 4.78 is 13.2. The monoisotopic (exact) mass is 318 g/mol.